The molecule has 1 aliphatic rings. The molecule has 7 nitrogen and oxygen atoms in total. The number of aryl methyl sites for hydroxylation is 1. The Hall–Kier alpha value is -2.74. The van der Waals surface area contributed by atoms with E-state index in [2.05, 4.69) is 19.2 Å². The second kappa shape index (κ2) is 8.10. The zero-order valence-corrected chi connectivity index (χ0v) is 17.0. The van der Waals surface area contributed by atoms with Crippen LogP contribution in [0.5, 0.6) is 0 Å². The molecular formula is C20H24N6OS. The van der Waals surface area contributed by atoms with E-state index in [1.165, 1.54) is 11.5 Å². The molecule has 1 atom stereocenters. The Morgan fingerprint density at radius 3 is 2.71 bits per heavy atom. The third-order valence-corrected chi connectivity index (χ3v) is 5.94. The second-order valence-electron chi connectivity index (χ2n) is 6.99. The van der Waals surface area contributed by atoms with Gasteiger partial charge in [0.05, 0.1) is 0 Å². The largest absolute Gasteiger partial charge is 0.345 e. The molecule has 0 spiro atoms. The first-order valence-electron chi connectivity index (χ1n) is 9.56. The maximum absolute atomic E-state index is 13.2. The number of rotatable bonds is 4. The highest BCUT2D eigenvalue weighted by molar-refractivity contribution is 7.09. The monoisotopic (exact) mass is 396 g/mol. The van der Waals surface area contributed by atoms with E-state index >= 15 is 0 Å². The van der Waals surface area contributed by atoms with E-state index in [0.29, 0.717) is 6.54 Å². The van der Waals surface area contributed by atoms with Crippen molar-refractivity contribution < 1.29 is 4.79 Å². The van der Waals surface area contributed by atoms with E-state index < -0.39 is 0 Å². The fourth-order valence-electron chi connectivity index (χ4n) is 3.56. The number of amides is 1. The number of carbonyl (C=O) groups is 1. The van der Waals surface area contributed by atoms with Crippen LogP contribution in [0.4, 0.5) is 5.13 Å². The van der Waals surface area contributed by atoms with Crippen LogP contribution in [-0.4, -0.2) is 55.9 Å². The first kappa shape index (κ1) is 18.6. The number of imidazole rings is 1. The first-order chi connectivity index (χ1) is 13.6. The van der Waals surface area contributed by atoms with Crippen LogP contribution < -0.4 is 4.90 Å². The van der Waals surface area contributed by atoms with Gasteiger partial charge in [-0.15, -0.1) is 0 Å². The molecule has 1 aromatic carbocycles. The van der Waals surface area contributed by atoms with Crippen molar-refractivity contribution in [3.05, 3.63) is 48.5 Å². The summed E-state index contributed by atoms with van der Waals surface area (Å²) >= 11 is 1.43. The van der Waals surface area contributed by atoms with E-state index in [1.807, 2.05) is 59.8 Å². The molecule has 1 amide bonds. The molecule has 3 aromatic rings. The molecule has 1 fully saturated rings. The number of hydrogen-bond acceptors (Lipinski definition) is 6. The minimum Gasteiger partial charge on any atom is -0.345 e. The zero-order chi connectivity index (χ0) is 19.5. The average molecular weight is 397 g/mol. The van der Waals surface area contributed by atoms with Gasteiger partial charge in [0, 0.05) is 55.7 Å². The summed E-state index contributed by atoms with van der Waals surface area (Å²) in [6.07, 6.45) is 4.57. The smallest absolute Gasteiger partial charge is 0.245 e. The second-order valence-corrected chi connectivity index (χ2v) is 7.72. The van der Waals surface area contributed by atoms with E-state index in [0.717, 1.165) is 48.4 Å². The van der Waals surface area contributed by atoms with Crippen LogP contribution in [0.2, 0.25) is 0 Å². The highest BCUT2D eigenvalue weighted by atomic mass is 32.1. The topological polar surface area (TPSA) is 67.2 Å². The van der Waals surface area contributed by atoms with Gasteiger partial charge in [-0.3, -0.25) is 4.79 Å². The third-order valence-electron chi connectivity index (χ3n) is 5.07. The Kier molecular flexibility index (Phi) is 5.38. The van der Waals surface area contributed by atoms with Crippen LogP contribution in [0.25, 0.3) is 11.4 Å². The minimum atomic E-state index is -0.298. The summed E-state index contributed by atoms with van der Waals surface area (Å²) < 4.78 is 6.24. The number of benzene rings is 1. The molecule has 0 radical (unpaired) electrons. The summed E-state index contributed by atoms with van der Waals surface area (Å²) in [5, 5.41) is 0.945. The Morgan fingerprint density at radius 1 is 1.14 bits per heavy atom. The molecule has 0 N–H and O–H groups in total. The zero-order valence-electron chi connectivity index (χ0n) is 16.2. The van der Waals surface area contributed by atoms with Crippen molar-refractivity contribution >= 4 is 22.6 Å². The fourth-order valence-corrected chi connectivity index (χ4v) is 4.29. The number of nitrogens with zero attached hydrogens (tertiary/aromatic N) is 6. The number of anilines is 1. The van der Waals surface area contributed by atoms with Gasteiger partial charge >= 0.3 is 0 Å². The predicted molar refractivity (Wildman–Crippen MR) is 110 cm³/mol. The molecule has 1 aliphatic heterocycles. The summed E-state index contributed by atoms with van der Waals surface area (Å²) in [7, 11) is 0. The van der Waals surface area contributed by atoms with Gasteiger partial charge < -0.3 is 14.4 Å². The molecule has 28 heavy (non-hydrogen) atoms. The summed E-state index contributed by atoms with van der Waals surface area (Å²) in [6.45, 7) is 6.98. The first-order valence-corrected chi connectivity index (χ1v) is 10.3. The Bertz CT molecular complexity index is 937. The lowest BCUT2D eigenvalue weighted by Gasteiger charge is -2.26. The quantitative estimate of drug-likeness (QED) is 0.678. The molecule has 0 aliphatic carbocycles. The minimum absolute atomic E-state index is 0.130. The molecule has 1 saturated heterocycles. The van der Waals surface area contributed by atoms with Crippen LogP contribution in [-0.2, 0) is 4.79 Å². The Labute approximate surface area is 168 Å². The maximum Gasteiger partial charge on any atom is 0.245 e. The number of aromatic nitrogens is 4. The molecule has 0 bridgehead atoms. The maximum atomic E-state index is 13.2. The lowest BCUT2D eigenvalue weighted by Crippen LogP contribution is -2.39. The van der Waals surface area contributed by atoms with Crippen LogP contribution in [0, 0.1) is 6.92 Å². The van der Waals surface area contributed by atoms with E-state index in [1.54, 1.807) is 6.20 Å². The summed E-state index contributed by atoms with van der Waals surface area (Å²) in [5.41, 5.74) is 1.01. The van der Waals surface area contributed by atoms with Gasteiger partial charge in [-0.1, -0.05) is 30.3 Å². The molecule has 0 saturated carbocycles. The molecular weight excluding hydrogens is 372 g/mol. The number of carbonyl (C=O) groups excluding carboxylic acids is 1. The molecule has 8 heteroatoms. The predicted octanol–water partition coefficient (Wildman–Crippen LogP) is 3.01. The SMILES string of the molecule is Cc1nsc(N2CCCN(C(=O)C(C)n3ccnc3-c3ccccc3)CC2)n1. The standard InChI is InChI=1S/C20H24N6OS/c1-15(26-12-9-21-18(26)17-7-4-3-5-8-17)19(27)24-10-6-11-25(14-13-24)20-22-16(2)23-28-20/h3-5,7-9,12,15H,6,10-11,13-14H2,1-2H3. The van der Waals surface area contributed by atoms with E-state index in [4.69, 9.17) is 0 Å². The fraction of sp³-hybridized carbons (Fsp3) is 0.400. The van der Waals surface area contributed by atoms with Crippen molar-refractivity contribution in [1.82, 2.24) is 23.8 Å². The van der Waals surface area contributed by atoms with Gasteiger partial charge in [-0.05, 0) is 20.3 Å². The van der Waals surface area contributed by atoms with Gasteiger partial charge in [-0.2, -0.15) is 4.37 Å². The van der Waals surface area contributed by atoms with Crippen molar-refractivity contribution in [3.8, 4) is 11.4 Å². The summed E-state index contributed by atoms with van der Waals surface area (Å²) in [5.74, 6) is 1.76. The third kappa shape index (κ3) is 3.77. The molecule has 4 rings (SSSR count). The molecule has 2 aromatic heterocycles. The van der Waals surface area contributed by atoms with Crippen molar-refractivity contribution in [1.29, 1.82) is 0 Å². The van der Waals surface area contributed by atoms with Crippen molar-refractivity contribution in [2.45, 2.75) is 26.3 Å². The van der Waals surface area contributed by atoms with Gasteiger partial charge in [0.1, 0.15) is 17.7 Å². The summed E-state index contributed by atoms with van der Waals surface area (Å²) in [4.78, 5) is 26.4. The highest BCUT2D eigenvalue weighted by Crippen LogP contribution is 2.23. The normalized spacial score (nSPS) is 16.1. The van der Waals surface area contributed by atoms with Gasteiger partial charge in [-0.25, -0.2) is 9.97 Å². The highest BCUT2D eigenvalue weighted by Gasteiger charge is 2.26. The van der Waals surface area contributed by atoms with Crippen molar-refractivity contribution in [3.63, 3.8) is 0 Å². The van der Waals surface area contributed by atoms with Gasteiger partial charge in [0.15, 0.2) is 0 Å². The lowest BCUT2D eigenvalue weighted by atomic mass is 10.2. The van der Waals surface area contributed by atoms with Crippen LogP contribution >= 0.6 is 11.5 Å². The van der Waals surface area contributed by atoms with E-state index in [9.17, 15) is 4.79 Å². The van der Waals surface area contributed by atoms with Crippen LogP contribution in [0.1, 0.15) is 25.2 Å². The Morgan fingerprint density at radius 2 is 1.96 bits per heavy atom. The molecule has 3 heterocycles. The number of hydrogen-bond donors (Lipinski definition) is 0. The van der Waals surface area contributed by atoms with Crippen molar-refractivity contribution in [2.75, 3.05) is 31.1 Å². The van der Waals surface area contributed by atoms with Gasteiger partial charge in [0.2, 0.25) is 11.0 Å². The summed E-state index contributed by atoms with van der Waals surface area (Å²) in [6, 6.07) is 9.69. The molecule has 1 unspecified atom stereocenters. The lowest BCUT2D eigenvalue weighted by molar-refractivity contribution is -0.134. The van der Waals surface area contributed by atoms with Crippen LogP contribution in [0.15, 0.2) is 42.7 Å². The van der Waals surface area contributed by atoms with E-state index in [-0.39, 0.29) is 11.9 Å². The average Bonchev–Trinajstić information content (AvgIpc) is 3.31. The van der Waals surface area contributed by atoms with Crippen LogP contribution in [0.3, 0.4) is 0 Å². The molecule has 146 valence electrons. The van der Waals surface area contributed by atoms with Gasteiger partial charge in [0.25, 0.3) is 0 Å². The Balaban J connectivity index is 1.47. The van der Waals surface area contributed by atoms with Crippen molar-refractivity contribution in [2.24, 2.45) is 0 Å².